The van der Waals surface area contributed by atoms with Crippen molar-refractivity contribution in [1.29, 1.82) is 5.41 Å². The molecule has 30 nitrogen and oxygen atoms in total. The number of amides is 8. The summed E-state index contributed by atoms with van der Waals surface area (Å²) in [4.78, 5) is 133. The van der Waals surface area contributed by atoms with Crippen molar-refractivity contribution in [2.75, 3.05) is 52.4 Å². The Morgan fingerprint density at radius 2 is 1.44 bits per heavy atom. The van der Waals surface area contributed by atoms with Crippen LogP contribution in [0.5, 0.6) is 0 Å². The molecule has 30 heteroatoms. The molecule has 0 aliphatic carbocycles. The molecule has 7 atom stereocenters. The van der Waals surface area contributed by atoms with Crippen LogP contribution in [0.1, 0.15) is 89.2 Å². The molecule has 1 fully saturated rings. The average Bonchev–Trinajstić information content (AvgIpc) is 4.10. The maximum absolute atomic E-state index is 14.2. The third-order valence-electron chi connectivity index (χ3n) is 11.7. The molecule has 2 heterocycles. The number of carboxylic acid groups (broad SMARTS) is 1. The van der Waals surface area contributed by atoms with Crippen LogP contribution in [0.3, 0.4) is 0 Å². The van der Waals surface area contributed by atoms with Crippen LogP contribution < -0.4 is 77.4 Å². The van der Waals surface area contributed by atoms with Crippen LogP contribution in [0, 0.1) is 5.41 Å². The summed E-state index contributed by atoms with van der Waals surface area (Å²) >= 11 is 0. The van der Waals surface area contributed by atoms with Crippen molar-refractivity contribution in [1.82, 2.24) is 52.1 Å². The summed E-state index contributed by atoms with van der Waals surface area (Å²) in [6.45, 7) is -0.177. The van der Waals surface area contributed by atoms with Crippen molar-refractivity contribution in [3.05, 3.63) is 30.0 Å². The number of imidazole rings is 1. The number of hydrogen-bond acceptors (Lipinski definition) is 18. The first-order valence-corrected chi connectivity index (χ1v) is 25.0. The second kappa shape index (κ2) is 35.3. The monoisotopic (exact) mass is 1060 g/mol. The maximum Gasteiger partial charge on any atom is 0.352 e. The van der Waals surface area contributed by atoms with Gasteiger partial charge in [0, 0.05) is 37.9 Å². The van der Waals surface area contributed by atoms with E-state index in [1.807, 2.05) is 0 Å². The van der Waals surface area contributed by atoms with E-state index >= 15 is 0 Å². The van der Waals surface area contributed by atoms with Gasteiger partial charge in [0.15, 0.2) is 5.96 Å². The van der Waals surface area contributed by atoms with Crippen LogP contribution in [-0.2, 0) is 49.6 Å². The van der Waals surface area contributed by atoms with E-state index in [1.165, 1.54) is 23.5 Å². The summed E-state index contributed by atoms with van der Waals surface area (Å²) in [7, 11) is 0. The van der Waals surface area contributed by atoms with E-state index in [-0.39, 0.29) is 102 Å². The number of aliphatic imine (C=N–C) groups is 1. The van der Waals surface area contributed by atoms with Gasteiger partial charge in [-0.25, -0.2) is 14.8 Å². The second-order valence-electron chi connectivity index (χ2n) is 17.6. The summed E-state index contributed by atoms with van der Waals surface area (Å²) in [5, 5.41) is 45.0. The highest BCUT2D eigenvalue weighted by Gasteiger charge is 2.39. The number of H-pyrrole nitrogens is 1. The van der Waals surface area contributed by atoms with E-state index in [2.05, 4.69) is 52.2 Å². The Hall–Kier alpha value is -6.96. The number of nitrogens with zero attached hydrogens (tertiary/aromatic N) is 3. The lowest BCUT2D eigenvalue weighted by Crippen LogP contribution is -2.60. The number of aliphatic hydroxyl groups is 1. The number of aliphatic carboxylic acids is 1. The van der Waals surface area contributed by atoms with Crippen molar-refractivity contribution in [2.45, 2.75) is 132 Å². The van der Waals surface area contributed by atoms with Crippen molar-refractivity contribution in [3.63, 3.8) is 0 Å². The van der Waals surface area contributed by atoms with Crippen molar-refractivity contribution in [3.8, 4) is 0 Å². The van der Waals surface area contributed by atoms with Gasteiger partial charge in [0.2, 0.25) is 35.4 Å². The minimum Gasteiger partial charge on any atom is -0.477 e. The number of guanidine groups is 1. The average molecular weight is 1060 g/mol. The number of carbonyl (C=O) groups is 9. The minimum absolute atomic E-state index is 0.0223. The van der Waals surface area contributed by atoms with E-state index in [9.17, 15) is 53.4 Å². The topological polar surface area (TPSA) is 529 Å². The summed E-state index contributed by atoms with van der Waals surface area (Å²) in [5.41, 5.74) is 39.1. The first-order chi connectivity index (χ1) is 35.8. The fourth-order valence-electron chi connectivity index (χ4n) is 7.59. The molecular weight excluding hydrogens is 983 g/mol. The van der Waals surface area contributed by atoms with Crippen molar-refractivity contribution >= 4 is 64.9 Å². The molecule has 1 aromatic heterocycles. The second-order valence-corrected chi connectivity index (χ2v) is 17.6. The number of rotatable bonds is 36. The maximum atomic E-state index is 14.2. The molecule has 2 rings (SSSR count). The van der Waals surface area contributed by atoms with Gasteiger partial charge in [-0.2, -0.15) is 0 Å². The fraction of sp³-hybridized carbons (Fsp3) is 0.644. The highest BCUT2D eigenvalue weighted by Crippen LogP contribution is 2.20. The van der Waals surface area contributed by atoms with Gasteiger partial charge in [-0.1, -0.05) is 12.5 Å². The van der Waals surface area contributed by atoms with Gasteiger partial charge in [-0.15, -0.1) is 0 Å². The number of carboxylic acids is 1. The first kappa shape index (κ1) is 64.2. The van der Waals surface area contributed by atoms with E-state index in [4.69, 9.17) is 45.5 Å². The molecule has 1 aliphatic heterocycles. The summed E-state index contributed by atoms with van der Waals surface area (Å²) in [5.74, 6) is -8.57. The number of carbonyl (C=O) groups excluding carboxylic acids is 8. The normalized spacial score (nSPS) is 16.0. The van der Waals surface area contributed by atoms with Crippen LogP contribution >= 0.6 is 0 Å². The SMILES string of the molecule is N=C(N)NCC/C=C(\NC(=O)[C@H](CCCCN)NC(=O)[C@H](Cc1cnc[nH]1)NC(=O)[C@@H]1CCCN1C(=O)/C(CCCN)=N/C(=O)CNC(=O)[C@H](CCCN)NC(=O)[C@@H](NC(=O)[C@@H](N)CCCCN)[C@@H](O)CN)C(=O)O. The minimum atomic E-state index is -1.60. The Morgan fingerprint density at radius 1 is 0.800 bits per heavy atom. The number of nitrogens with two attached hydrogens (primary N) is 7. The molecule has 0 unspecified atom stereocenters. The molecule has 1 aliphatic rings. The predicted octanol–water partition coefficient (Wildman–Crippen LogP) is -6.69. The van der Waals surface area contributed by atoms with Crippen LogP contribution in [0.15, 0.2) is 29.3 Å². The molecule has 25 N–H and O–H groups in total. The van der Waals surface area contributed by atoms with Gasteiger partial charge < -0.3 is 97.5 Å². The van der Waals surface area contributed by atoms with Crippen LogP contribution in [-0.4, -0.2) is 185 Å². The molecule has 1 aromatic rings. The third kappa shape index (κ3) is 23.4. The van der Waals surface area contributed by atoms with Gasteiger partial charge >= 0.3 is 5.97 Å². The molecule has 0 aromatic carbocycles. The lowest BCUT2D eigenvalue weighted by molar-refractivity contribution is -0.137. The summed E-state index contributed by atoms with van der Waals surface area (Å²) in [6, 6.07) is -7.78. The van der Waals surface area contributed by atoms with Gasteiger partial charge in [-0.3, -0.25) is 43.8 Å². The largest absolute Gasteiger partial charge is 0.477 e. The van der Waals surface area contributed by atoms with Crippen molar-refractivity contribution in [2.24, 2.45) is 45.1 Å². The van der Waals surface area contributed by atoms with Gasteiger partial charge in [-0.05, 0) is 103 Å². The van der Waals surface area contributed by atoms with Crippen LogP contribution in [0.4, 0.5) is 0 Å². The Labute approximate surface area is 434 Å². The smallest absolute Gasteiger partial charge is 0.352 e. The van der Waals surface area contributed by atoms with Crippen LogP contribution in [0.25, 0.3) is 0 Å². The van der Waals surface area contributed by atoms with E-state index in [0.717, 1.165) is 0 Å². The fourth-order valence-corrected chi connectivity index (χ4v) is 7.59. The Kier molecular flexibility index (Phi) is 30.2. The number of aliphatic hydroxyl groups excluding tert-OH is 1. The molecule has 8 amide bonds. The Balaban J connectivity index is 2.31. The zero-order valence-corrected chi connectivity index (χ0v) is 42.3. The predicted molar refractivity (Wildman–Crippen MR) is 274 cm³/mol. The molecular formula is C45H79N19O11. The van der Waals surface area contributed by atoms with E-state index < -0.39 is 114 Å². The zero-order valence-electron chi connectivity index (χ0n) is 42.3. The lowest BCUT2D eigenvalue weighted by Gasteiger charge is -2.27. The molecule has 75 heavy (non-hydrogen) atoms. The highest BCUT2D eigenvalue weighted by molar-refractivity contribution is 6.40. The third-order valence-corrected chi connectivity index (χ3v) is 11.7. The van der Waals surface area contributed by atoms with Crippen LogP contribution in [0.2, 0.25) is 0 Å². The number of aromatic nitrogens is 2. The number of aromatic amines is 1. The molecule has 0 radical (unpaired) electrons. The number of hydrogen-bond donors (Lipinski definition) is 18. The Bertz CT molecular complexity index is 2110. The quantitative estimate of drug-likeness (QED) is 0.0129. The molecule has 420 valence electrons. The number of nitrogens with one attached hydrogen (secondary N) is 9. The molecule has 0 bridgehead atoms. The van der Waals surface area contributed by atoms with Gasteiger partial charge in [0.1, 0.15) is 41.6 Å². The first-order valence-electron chi connectivity index (χ1n) is 25.0. The van der Waals surface area contributed by atoms with E-state index in [0.29, 0.717) is 44.3 Å². The molecule has 0 saturated carbocycles. The molecule has 1 saturated heterocycles. The number of unbranched alkanes of at least 4 members (excludes halogenated alkanes) is 2. The highest BCUT2D eigenvalue weighted by atomic mass is 16.4. The van der Waals surface area contributed by atoms with Crippen molar-refractivity contribution < 1.29 is 53.4 Å². The van der Waals surface area contributed by atoms with E-state index in [1.54, 1.807) is 0 Å². The lowest BCUT2D eigenvalue weighted by atomic mass is 10.1. The Morgan fingerprint density at radius 3 is 2.05 bits per heavy atom. The molecule has 0 spiro atoms. The van der Waals surface area contributed by atoms with Gasteiger partial charge in [0.05, 0.1) is 25.0 Å². The standard InChI is InChI=1S/C45H79N19O11/c46-15-3-1-9-27(51)37(67)63-36(34(65)22-50)42(72)60-28(11-5-17-48)38(68)56-24-35(66)58-30(12-6-18-49)43(73)64-20-8-14-33(64)41(71)62-32(21-26-23-54-25-57-26)40(70)59-29(10-2-4-16-47)39(69)61-31(44(74)75)13-7-19-55-45(52)53/h13,23,25,27-29,32-34,36,65H,1-12,14-22,24,46-51H2,(H,54,57)(H,56,68)(H,59,70)(H,60,72)(H,61,69)(H,62,71)(H,63,67)(H,74,75)(H4,52,53,55)/b31-13-,58-30+/t27-,28-,29-,32-,33-,34-,36-/m0/s1. The summed E-state index contributed by atoms with van der Waals surface area (Å²) in [6.07, 6.45) is 5.36. The number of likely N-dealkylation sites (tertiary alicyclic amines) is 1. The van der Waals surface area contributed by atoms with Gasteiger partial charge in [0.25, 0.3) is 11.8 Å². The zero-order chi connectivity index (χ0) is 55.9. The summed E-state index contributed by atoms with van der Waals surface area (Å²) < 4.78 is 0.